The van der Waals surface area contributed by atoms with Crippen molar-refractivity contribution in [1.29, 1.82) is 0 Å². The van der Waals surface area contributed by atoms with Gasteiger partial charge in [0.1, 0.15) is 11.5 Å². The van der Waals surface area contributed by atoms with E-state index in [-0.39, 0.29) is 20.6 Å². The molecule has 3 aromatic rings. The van der Waals surface area contributed by atoms with Crippen LogP contribution in [0.4, 0.5) is 11.4 Å². The van der Waals surface area contributed by atoms with Crippen LogP contribution in [0.5, 0.6) is 11.5 Å². The molecule has 1 atom stereocenters. The molecular formula is C22H20Cl2N2O5S. The van der Waals surface area contributed by atoms with Gasteiger partial charge in [0.25, 0.3) is 15.9 Å². The normalized spacial score (nSPS) is 12.0. The molecule has 0 radical (unpaired) electrons. The number of hydrogen-bond acceptors (Lipinski definition) is 5. The second kappa shape index (κ2) is 10.1. The average Bonchev–Trinajstić information content (AvgIpc) is 2.77. The predicted molar refractivity (Wildman–Crippen MR) is 125 cm³/mol. The maximum atomic E-state index is 12.6. The molecule has 0 aromatic heterocycles. The zero-order chi connectivity index (χ0) is 23.3. The second-order valence-corrected chi connectivity index (χ2v) is 9.13. The van der Waals surface area contributed by atoms with E-state index in [0.717, 1.165) is 0 Å². The summed E-state index contributed by atoms with van der Waals surface area (Å²) in [6, 6.07) is 17.2. The molecule has 0 heterocycles. The van der Waals surface area contributed by atoms with E-state index >= 15 is 0 Å². The summed E-state index contributed by atoms with van der Waals surface area (Å²) in [6.45, 7) is 1.60. The highest BCUT2D eigenvalue weighted by Crippen LogP contribution is 2.31. The Balaban J connectivity index is 1.65. The van der Waals surface area contributed by atoms with Gasteiger partial charge in [-0.1, -0.05) is 35.3 Å². The molecule has 7 nitrogen and oxygen atoms in total. The smallest absolute Gasteiger partial charge is 0.265 e. The van der Waals surface area contributed by atoms with E-state index in [4.69, 9.17) is 32.7 Å². The number of benzene rings is 3. The van der Waals surface area contributed by atoms with Crippen molar-refractivity contribution in [2.45, 2.75) is 17.9 Å². The molecule has 1 amide bonds. The maximum Gasteiger partial charge on any atom is 0.265 e. The Morgan fingerprint density at radius 3 is 2.31 bits per heavy atom. The second-order valence-electron chi connectivity index (χ2n) is 6.66. The Hall–Kier alpha value is -2.94. The third kappa shape index (κ3) is 5.85. The molecule has 3 aromatic carbocycles. The summed E-state index contributed by atoms with van der Waals surface area (Å²) in [5.74, 6) is 0.700. The van der Waals surface area contributed by atoms with Crippen molar-refractivity contribution in [2.75, 3.05) is 17.1 Å². The first kappa shape index (κ1) is 23.7. The first-order chi connectivity index (χ1) is 15.2. The Morgan fingerprint density at radius 1 is 0.969 bits per heavy atom. The van der Waals surface area contributed by atoms with Crippen LogP contribution in [0.15, 0.2) is 71.6 Å². The molecule has 3 rings (SSSR count). The number of sulfonamides is 1. The molecule has 10 heteroatoms. The molecule has 0 spiro atoms. The number of halogens is 2. The van der Waals surface area contributed by atoms with Crippen molar-refractivity contribution in [3.63, 3.8) is 0 Å². The average molecular weight is 495 g/mol. The Labute approximate surface area is 196 Å². The lowest BCUT2D eigenvalue weighted by Gasteiger charge is -2.15. The SMILES string of the molecule is COc1cccc(O[C@@H](C)C(=O)Nc2ccc(S(=O)(=O)Nc3cccc(Cl)c3Cl)cc2)c1. The molecule has 0 aliphatic rings. The zero-order valence-electron chi connectivity index (χ0n) is 17.1. The standard InChI is InChI=1S/C22H20Cl2N2O5S/c1-14(31-17-6-3-5-16(13-17)30-2)22(27)25-15-9-11-18(12-10-15)32(28,29)26-20-8-4-7-19(23)21(20)24/h3-14,26H,1-2H3,(H,25,27)/t14-/m0/s1. The van der Waals surface area contributed by atoms with Gasteiger partial charge in [-0.05, 0) is 55.5 Å². The molecule has 0 bridgehead atoms. The van der Waals surface area contributed by atoms with Crippen molar-refractivity contribution in [3.8, 4) is 11.5 Å². The van der Waals surface area contributed by atoms with Crippen molar-refractivity contribution in [2.24, 2.45) is 0 Å². The maximum absolute atomic E-state index is 12.6. The molecule has 0 aliphatic carbocycles. The third-order valence-corrected chi connectivity index (χ3v) is 6.55. The first-order valence-corrected chi connectivity index (χ1v) is 11.6. The summed E-state index contributed by atoms with van der Waals surface area (Å²) in [5, 5.41) is 3.02. The largest absolute Gasteiger partial charge is 0.497 e. The van der Waals surface area contributed by atoms with Crippen LogP contribution in [0.3, 0.4) is 0 Å². The fourth-order valence-corrected chi connectivity index (χ4v) is 4.16. The van der Waals surface area contributed by atoms with E-state index in [1.807, 2.05) is 0 Å². The Kier molecular flexibility index (Phi) is 7.50. The number of ether oxygens (including phenoxy) is 2. The zero-order valence-corrected chi connectivity index (χ0v) is 19.5. The first-order valence-electron chi connectivity index (χ1n) is 9.38. The molecule has 168 valence electrons. The van der Waals surface area contributed by atoms with Gasteiger partial charge in [-0.15, -0.1) is 0 Å². The van der Waals surface area contributed by atoms with Gasteiger partial charge < -0.3 is 14.8 Å². The lowest BCUT2D eigenvalue weighted by atomic mass is 10.3. The predicted octanol–water partition coefficient (Wildman–Crippen LogP) is 5.21. The topological polar surface area (TPSA) is 93.7 Å². The molecule has 2 N–H and O–H groups in total. The summed E-state index contributed by atoms with van der Waals surface area (Å²) in [5.41, 5.74) is 0.580. The molecular weight excluding hydrogens is 475 g/mol. The van der Waals surface area contributed by atoms with Crippen LogP contribution < -0.4 is 19.5 Å². The highest BCUT2D eigenvalue weighted by Gasteiger charge is 2.18. The van der Waals surface area contributed by atoms with Crippen molar-refractivity contribution in [1.82, 2.24) is 0 Å². The summed E-state index contributed by atoms with van der Waals surface area (Å²) in [4.78, 5) is 12.4. The lowest BCUT2D eigenvalue weighted by Crippen LogP contribution is -2.30. The fraction of sp³-hybridized carbons (Fsp3) is 0.136. The van der Waals surface area contributed by atoms with E-state index < -0.39 is 22.0 Å². The van der Waals surface area contributed by atoms with Gasteiger partial charge in [0.15, 0.2) is 6.10 Å². The highest BCUT2D eigenvalue weighted by molar-refractivity contribution is 7.92. The molecule has 32 heavy (non-hydrogen) atoms. The van der Waals surface area contributed by atoms with Gasteiger partial charge in [-0.25, -0.2) is 8.42 Å². The molecule has 0 unspecified atom stereocenters. The minimum atomic E-state index is -3.90. The Morgan fingerprint density at radius 2 is 1.62 bits per heavy atom. The van der Waals surface area contributed by atoms with E-state index in [1.54, 1.807) is 43.3 Å². The summed E-state index contributed by atoms with van der Waals surface area (Å²) < 4.78 is 38.4. The highest BCUT2D eigenvalue weighted by atomic mass is 35.5. The van der Waals surface area contributed by atoms with Crippen molar-refractivity contribution >= 4 is 50.5 Å². The lowest BCUT2D eigenvalue weighted by molar-refractivity contribution is -0.122. The molecule has 0 saturated carbocycles. The van der Waals surface area contributed by atoms with E-state index in [9.17, 15) is 13.2 Å². The minimum Gasteiger partial charge on any atom is -0.497 e. The van der Waals surface area contributed by atoms with Crippen molar-refractivity contribution < 1.29 is 22.7 Å². The number of rotatable bonds is 8. The number of nitrogens with one attached hydrogen (secondary N) is 2. The third-order valence-electron chi connectivity index (χ3n) is 4.35. The quantitative estimate of drug-likeness (QED) is 0.448. The summed E-state index contributed by atoms with van der Waals surface area (Å²) in [7, 11) is -2.36. The molecule has 0 aliphatic heterocycles. The van der Waals surface area contributed by atoms with Gasteiger partial charge in [0.2, 0.25) is 0 Å². The minimum absolute atomic E-state index is 0.00720. The van der Waals surface area contributed by atoms with Gasteiger partial charge in [0, 0.05) is 11.8 Å². The van der Waals surface area contributed by atoms with Crippen LogP contribution in [-0.2, 0) is 14.8 Å². The van der Waals surface area contributed by atoms with Crippen LogP contribution in [-0.4, -0.2) is 27.5 Å². The number of amides is 1. The van der Waals surface area contributed by atoms with Crippen LogP contribution in [0, 0.1) is 0 Å². The molecule has 0 saturated heterocycles. The van der Waals surface area contributed by atoms with Crippen LogP contribution >= 0.6 is 23.2 Å². The number of carbonyl (C=O) groups is 1. The number of hydrogen-bond donors (Lipinski definition) is 2. The van der Waals surface area contributed by atoms with Gasteiger partial charge in [-0.3, -0.25) is 9.52 Å². The summed E-state index contributed by atoms with van der Waals surface area (Å²) >= 11 is 12.0. The van der Waals surface area contributed by atoms with Crippen molar-refractivity contribution in [3.05, 3.63) is 76.8 Å². The van der Waals surface area contributed by atoms with Crippen LogP contribution in [0.1, 0.15) is 6.92 Å². The van der Waals surface area contributed by atoms with Gasteiger partial charge in [0.05, 0.1) is 27.7 Å². The van der Waals surface area contributed by atoms with E-state index in [2.05, 4.69) is 10.0 Å². The Bertz CT molecular complexity index is 1220. The number of anilines is 2. The monoisotopic (exact) mass is 494 g/mol. The fourth-order valence-electron chi connectivity index (χ4n) is 2.68. The summed E-state index contributed by atoms with van der Waals surface area (Å²) in [6.07, 6.45) is -0.794. The number of methoxy groups -OCH3 is 1. The van der Waals surface area contributed by atoms with Gasteiger partial charge >= 0.3 is 0 Å². The van der Waals surface area contributed by atoms with E-state index in [1.165, 1.54) is 37.4 Å². The van der Waals surface area contributed by atoms with Crippen LogP contribution in [0.25, 0.3) is 0 Å². The number of carbonyl (C=O) groups excluding carboxylic acids is 1. The van der Waals surface area contributed by atoms with Gasteiger partial charge in [-0.2, -0.15) is 0 Å². The van der Waals surface area contributed by atoms with E-state index in [0.29, 0.717) is 17.2 Å². The molecule has 0 fully saturated rings. The van der Waals surface area contributed by atoms with Crippen LogP contribution in [0.2, 0.25) is 10.0 Å².